The molecule has 0 aliphatic carbocycles. The van der Waals surface area contributed by atoms with Gasteiger partial charge in [-0.15, -0.1) is 22.9 Å². The fraction of sp³-hybridized carbons (Fsp3) is 0.692. The number of alkyl halides is 1. The van der Waals surface area contributed by atoms with E-state index < -0.39 is 0 Å². The van der Waals surface area contributed by atoms with Crippen molar-refractivity contribution in [1.82, 2.24) is 15.2 Å². The summed E-state index contributed by atoms with van der Waals surface area (Å²) in [5.41, 5.74) is 0.956. The first-order valence-corrected chi connectivity index (χ1v) is 8.06. The number of thiazole rings is 1. The first kappa shape index (κ1) is 14.8. The monoisotopic (exact) mass is 301 g/mol. The summed E-state index contributed by atoms with van der Waals surface area (Å²) in [6.45, 7) is 5.68. The Morgan fingerprint density at radius 1 is 1.74 bits per heavy atom. The van der Waals surface area contributed by atoms with Crippen LogP contribution < -0.4 is 5.32 Å². The lowest BCUT2D eigenvalue weighted by Crippen LogP contribution is -2.36. The van der Waals surface area contributed by atoms with Gasteiger partial charge in [0.2, 0.25) is 5.91 Å². The molecule has 1 aromatic rings. The normalized spacial score (nSPS) is 21.5. The summed E-state index contributed by atoms with van der Waals surface area (Å²) in [5, 5.41) is 6.17. The first-order chi connectivity index (χ1) is 9.13. The van der Waals surface area contributed by atoms with Gasteiger partial charge in [-0.05, 0) is 12.8 Å². The van der Waals surface area contributed by atoms with Crippen molar-refractivity contribution in [3.63, 3.8) is 0 Å². The predicted octanol–water partition coefficient (Wildman–Crippen LogP) is 2.54. The maximum absolute atomic E-state index is 11.1. The van der Waals surface area contributed by atoms with E-state index in [1.807, 2.05) is 5.38 Å². The molecule has 0 spiro atoms. The molecule has 19 heavy (non-hydrogen) atoms. The maximum atomic E-state index is 11.1. The van der Waals surface area contributed by atoms with Gasteiger partial charge < -0.3 is 5.32 Å². The van der Waals surface area contributed by atoms with Crippen LogP contribution >= 0.6 is 22.9 Å². The maximum Gasteiger partial charge on any atom is 0.217 e. The second-order valence-corrected chi connectivity index (χ2v) is 6.07. The smallest absolute Gasteiger partial charge is 0.217 e. The Labute approximate surface area is 123 Å². The van der Waals surface area contributed by atoms with Crippen molar-refractivity contribution in [2.75, 3.05) is 13.1 Å². The average molecular weight is 302 g/mol. The number of carbonyl (C=O) groups is 1. The van der Waals surface area contributed by atoms with E-state index in [1.165, 1.54) is 0 Å². The molecular formula is C13H20ClN3OS. The fourth-order valence-corrected chi connectivity index (χ4v) is 3.87. The van der Waals surface area contributed by atoms with Crippen LogP contribution in [0.15, 0.2) is 5.38 Å². The quantitative estimate of drug-likeness (QED) is 0.850. The van der Waals surface area contributed by atoms with Crippen molar-refractivity contribution in [3.8, 4) is 0 Å². The number of likely N-dealkylation sites (tertiary alicyclic amines) is 1. The molecule has 4 nitrogen and oxygen atoms in total. The molecule has 1 aliphatic rings. The lowest BCUT2D eigenvalue weighted by atomic mass is 10.2. The molecule has 1 N–H and O–H groups in total. The molecule has 1 amide bonds. The molecule has 0 bridgehead atoms. The predicted molar refractivity (Wildman–Crippen MR) is 78.5 cm³/mol. The van der Waals surface area contributed by atoms with Gasteiger partial charge in [0.15, 0.2) is 0 Å². The summed E-state index contributed by atoms with van der Waals surface area (Å²) in [7, 11) is 0. The zero-order chi connectivity index (χ0) is 13.8. The number of nitrogens with one attached hydrogen (secondary N) is 1. The molecule has 0 radical (unpaired) electrons. The summed E-state index contributed by atoms with van der Waals surface area (Å²) in [5.74, 6) is 0.528. The van der Waals surface area contributed by atoms with Crippen molar-refractivity contribution < 1.29 is 4.79 Å². The zero-order valence-corrected chi connectivity index (χ0v) is 12.9. The van der Waals surface area contributed by atoms with E-state index in [0.717, 1.165) is 36.6 Å². The van der Waals surface area contributed by atoms with Crippen molar-refractivity contribution in [2.24, 2.45) is 0 Å². The van der Waals surface area contributed by atoms with Gasteiger partial charge in [-0.2, -0.15) is 0 Å². The largest absolute Gasteiger partial charge is 0.352 e. The second kappa shape index (κ2) is 6.68. The number of halogens is 1. The van der Waals surface area contributed by atoms with Crippen LogP contribution in [-0.2, 0) is 10.7 Å². The van der Waals surface area contributed by atoms with Crippen LogP contribution in [0.25, 0.3) is 0 Å². The number of hydrogen-bond acceptors (Lipinski definition) is 4. The number of amides is 1. The molecule has 2 unspecified atom stereocenters. The SMILES string of the molecule is CCC(c1nc(CCl)cs1)N1CCC(NC(C)=O)C1. The van der Waals surface area contributed by atoms with E-state index in [4.69, 9.17) is 11.6 Å². The Hall–Kier alpha value is -0.650. The molecule has 2 heterocycles. The van der Waals surface area contributed by atoms with E-state index in [2.05, 4.69) is 22.1 Å². The molecule has 1 saturated heterocycles. The van der Waals surface area contributed by atoms with Gasteiger partial charge in [0.1, 0.15) is 5.01 Å². The number of rotatable bonds is 5. The lowest BCUT2D eigenvalue weighted by Gasteiger charge is -2.25. The van der Waals surface area contributed by atoms with Crippen molar-refractivity contribution in [2.45, 2.75) is 44.7 Å². The molecule has 2 rings (SSSR count). The van der Waals surface area contributed by atoms with E-state index in [1.54, 1.807) is 18.3 Å². The van der Waals surface area contributed by atoms with Gasteiger partial charge in [-0.25, -0.2) is 4.98 Å². The zero-order valence-electron chi connectivity index (χ0n) is 11.4. The number of hydrogen-bond donors (Lipinski definition) is 1. The van der Waals surface area contributed by atoms with Gasteiger partial charge in [0, 0.05) is 31.4 Å². The van der Waals surface area contributed by atoms with Crippen LogP contribution in [0.1, 0.15) is 43.4 Å². The van der Waals surface area contributed by atoms with Crippen molar-refractivity contribution in [1.29, 1.82) is 0 Å². The molecule has 0 aromatic carbocycles. The van der Waals surface area contributed by atoms with Gasteiger partial charge >= 0.3 is 0 Å². The highest BCUT2D eigenvalue weighted by Crippen LogP contribution is 2.30. The third-order valence-corrected chi connectivity index (χ3v) is 4.71. The van der Waals surface area contributed by atoms with Crippen LogP contribution in [0.5, 0.6) is 0 Å². The Balaban J connectivity index is 2.00. The number of carbonyl (C=O) groups excluding carboxylic acids is 1. The van der Waals surface area contributed by atoms with E-state index in [9.17, 15) is 4.79 Å². The summed E-state index contributed by atoms with van der Waals surface area (Å²) in [6.07, 6.45) is 2.05. The van der Waals surface area contributed by atoms with Gasteiger partial charge in [-0.1, -0.05) is 6.92 Å². The molecule has 106 valence electrons. The lowest BCUT2D eigenvalue weighted by molar-refractivity contribution is -0.119. The standard InChI is InChI=1S/C13H20ClN3OS/c1-3-12(13-16-11(6-14)8-19-13)17-5-4-10(7-17)15-9(2)18/h8,10,12H,3-7H2,1-2H3,(H,15,18). The minimum Gasteiger partial charge on any atom is -0.352 e. The Morgan fingerprint density at radius 2 is 2.53 bits per heavy atom. The van der Waals surface area contributed by atoms with E-state index in [-0.39, 0.29) is 11.9 Å². The summed E-state index contributed by atoms with van der Waals surface area (Å²) < 4.78 is 0. The number of aromatic nitrogens is 1. The molecule has 2 atom stereocenters. The highest BCUT2D eigenvalue weighted by molar-refractivity contribution is 7.09. The first-order valence-electron chi connectivity index (χ1n) is 6.65. The van der Waals surface area contributed by atoms with Crippen LogP contribution in [0.3, 0.4) is 0 Å². The molecule has 6 heteroatoms. The third-order valence-electron chi connectivity index (χ3n) is 3.45. The minimum absolute atomic E-state index is 0.0542. The average Bonchev–Trinajstić information content (AvgIpc) is 2.99. The molecule has 1 fully saturated rings. The summed E-state index contributed by atoms with van der Waals surface area (Å²) in [6, 6.07) is 0.625. The van der Waals surface area contributed by atoms with Crippen LogP contribution in [0, 0.1) is 0 Å². The summed E-state index contributed by atoms with van der Waals surface area (Å²) >= 11 is 7.50. The third kappa shape index (κ3) is 3.68. The minimum atomic E-state index is 0.0542. The number of nitrogens with zero attached hydrogens (tertiary/aromatic N) is 2. The van der Waals surface area contributed by atoms with Gasteiger partial charge in [-0.3, -0.25) is 9.69 Å². The molecular weight excluding hydrogens is 282 g/mol. The van der Waals surface area contributed by atoms with Crippen LogP contribution in [0.4, 0.5) is 0 Å². The van der Waals surface area contributed by atoms with Crippen molar-refractivity contribution >= 4 is 28.8 Å². The summed E-state index contributed by atoms with van der Waals surface area (Å²) in [4.78, 5) is 18.1. The topological polar surface area (TPSA) is 45.2 Å². The Bertz CT molecular complexity index is 437. The highest BCUT2D eigenvalue weighted by Gasteiger charge is 2.30. The highest BCUT2D eigenvalue weighted by atomic mass is 35.5. The van der Waals surface area contributed by atoms with E-state index in [0.29, 0.717) is 11.9 Å². The van der Waals surface area contributed by atoms with E-state index >= 15 is 0 Å². The fourth-order valence-electron chi connectivity index (χ4n) is 2.60. The Morgan fingerprint density at radius 3 is 3.11 bits per heavy atom. The Kier molecular flexibility index (Phi) is 5.19. The molecule has 0 saturated carbocycles. The second-order valence-electron chi connectivity index (χ2n) is 4.92. The van der Waals surface area contributed by atoms with Crippen LogP contribution in [0.2, 0.25) is 0 Å². The van der Waals surface area contributed by atoms with Gasteiger partial charge in [0.05, 0.1) is 17.6 Å². The van der Waals surface area contributed by atoms with Gasteiger partial charge in [0.25, 0.3) is 0 Å². The van der Waals surface area contributed by atoms with Crippen LogP contribution in [-0.4, -0.2) is 34.9 Å². The molecule has 1 aromatic heterocycles. The molecule has 1 aliphatic heterocycles. The van der Waals surface area contributed by atoms with Crippen molar-refractivity contribution in [3.05, 3.63) is 16.1 Å².